The van der Waals surface area contributed by atoms with Gasteiger partial charge in [0.1, 0.15) is 5.75 Å². The van der Waals surface area contributed by atoms with Crippen LogP contribution < -0.4 is 15.0 Å². The Hall–Kier alpha value is -3.35. The Morgan fingerprint density at radius 2 is 1.37 bits per heavy atom. The fourth-order valence-electron chi connectivity index (χ4n) is 4.23. The lowest BCUT2D eigenvalue weighted by Crippen LogP contribution is -2.36. The van der Waals surface area contributed by atoms with Crippen LogP contribution in [0.5, 0.6) is 5.75 Å². The van der Waals surface area contributed by atoms with Crippen LogP contribution in [0, 0.1) is 0 Å². The molecule has 2 amide bonds. The number of carboxylic acids is 1. The van der Waals surface area contributed by atoms with Gasteiger partial charge in [0.15, 0.2) is 0 Å². The van der Waals surface area contributed by atoms with Crippen LogP contribution in [0.1, 0.15) is 101 Å². The van der Waals surface area contributed by atoms with Crippen molar-refractivity contribution in [2.45, 2.75) is 97.6 Å². The molecule has 2 rings (SSSR count). The molecule has 2 N–H and O–H groups in total. The molecule has 7 nitrogen and oxygen atoms in total. The SMILES string of the molecule is CCCCCCCCCCCCNC(=O)c1ccc(CN(C(=O)C(=O)O)c2ccc(OC(C)C)cc2)cc1. The van der Waals surface area contributed by atoms with Crippen molar-refractivity contribution in [3.8, 4) is 5.75 Å². The lowest BCUT2D eigenvalue weighted by atomic mass is 10.1. The van der Waals surface area contributed by atoms with Gasteiger partial charge in [0, 0.05) is 17.8 Å². The minimum absolute atomic E-state index is 0.00299. The van der Waals surface area contributed by atoms with Crippen molar-refractivity contribution < 1.29 is 24.2 Å². The molecule has 0 aliphatic carbocycles. The van der Waals surface area contributed by atoms with Gasteiger partial charge in [-0.3, -0.25) is 14.5 Å². The molecule has 0 aromatic heterocycles. The Morgan fingerprint density at radius 3 is 1.89 bits per heavy atom. The first-order chi connectivity index (χ1) is 18.3. The predicted octanol–water partition coefficient (Wildman–Crippen LogP) is 6.74. The number of unbranched alkanes of at least 4 members (excludes halogenated alkanes) is 9. The van der Waals surface area contributed by atoms with Crippen molar-refractivity contribution in [2.24, 2.45) is 0 Å². The second kappa shape index (κ2) is 17.2. The Morgan fingerprint density at radius 1 is 0.816 bits per heavy atom. The first-order valence-corrected chi connectivity index (χ1v) is 14.0. The first-order valence-electron chi connectivity index (χ1n) is 14.0. The first kappa shape index (κ1) is 30.9. The lowest BCUT2D eigenvalue weighted by Gasteiger charge is -2.21. The Kier molecular flexibility index (Phi) is 14.0. The third-order valence-corrected chi connectivity index (χ3v) is 6.32. The highest BCUT2D eigenvalue weighted by Gasteiger charge is 2.23. The van der Waals surface area contributed by atoms with Crippen molar-refractivity contribution in [2.75, 3.05) is 11.4 Å². The summed E-state index contributed by atoms with van der Waals surface area (Å²) in [4.78, 5) is 37.5. The van der Waals surface area contributed by atoms with Crippen LogP contribution in [0.15, 0.2) is 48.5 Å². The molecule has 208 valence electrons. The summed E-state index contributed by atoms with van der Waals surface area (Å²) >= 11 is 0. The van der Waals surface area contributed by atoms with Gasteiger partial charge in [0.2, 0.25) is 0 Å². The van der Waals surface area contributed by atoms with Gasteiger partial charge in [-0.2, -0.15) is 0 Å². The smallest absolute Gasteiger partial charge is 0.394 e. The number of carboxylic acid groups (broad SMARTS) is 1. The van der Waals surface area contributed by atoms with Gasteiger partial charge in [-0.15, -0.1) is 0 Å². The zero-order valence-corrected chi connectivity index (χ0v) is 23.2. The van der Waals surface area contributed by atoms with Crippen molar-refractivity contribution in [1.82, 2.24) is 5.32 Å². The van der Waals surface area contributed by atoms with Gasteiger partial charge in [-0.25, -0.2) is 4.79 Å². The van der Waals surface area contributed by atoms with Crippen LogP contribution in [0.2, 0.25) is 0 Å². The van der Waals surface area contributed by atoms with E-state index in [4.69, 9.17) is 4.74 Å². The molecule has 0 aliphatic rings. The number of hydrogen-bond donors (Lipinski definition) is 2. The molecule has 0 saturated heterocycles. The van der Waals surface area contributed by atoms with Crippen molar-refractivity contribution in [3.05, 3.63) is 59.7 Å². The van der Waals surface area contributed by atoms with E-state index in [1.807, 2.05) is 13.8 Å². The number of benzene rings is 2. The molecule has 0 spiro atoms. The topological polar surface area (TPSA) is 95.9 Å². The largest absolute Gasteiger partial charge is 0.491 e. The average molecular weight is 525 g/mol. The van der Waals surface area contributed by atoms with Crippen LogP contribution in [0.4, 0.5) is 5.69 Å². The number of carbonyl (C=O) groups excluding carboxylic acids is 2. The van der Waals surface area contributed by atoms with Crippen LogP contribution >= 0.6 is 0 Å². The number of ether oxygens (including phenoxy) is 1. The zero-order valence-electron chi connectivity index (χ0n) is 23.2. The molecule has 0 saturated carbocycles. The molecular weight excluding hydrogens is 480 g/mol. The molecule has 0 heterocycles. The fourth-order valence-corrected chi connectivity index (χ4v) is 4.23. The standard InChI is InChI=1S/C31H44N2O5/c1-4-5-6-7-8-9-10-11-12-13-22-32-29(34)26-16-14-25(15-17-26)23-33(30(35)31(36)37)27-18-20-28(21-19-27)38-24(2)3/h14-21,24H,4-13,22-23H2,1-3H3,(H,32,34)(H,36,37). The molecule has 2 aromatic rings. The highest BCUT2D eigenvalue weighted by Crippen LogP contribution is 2.23. The summed E-state index contributed by atoms with van der Waals surface area (Å²) in [6.45, 7) is 6.78. The van der Waals surface area contributed by atoms with E-state index in [0.717, 1.165) is 12.8 Å². The Labute approximate surface area is 227 Å². The number of nitrogens with zero attached hydrogens (tertiary/aromatic N) is 1. The van der Waals surface area contributed by atoms with Crippen molar-refractivity contribution >= 4 is 23.5 Å². The van der Waals surface area contributed by atoms with E-state index in [1.165, 1.54) is 56.3 Å². The maximum absolute atomic E-state index is 12.5. The highest BCUT2D eigenvalue weighted by molar-refractivity contribution is 6.37. The molecule has 0 fully saturated rings. The van der Waals surface area contributed by atoms with Crippen LogP contribution in [0.25, 0.3) is 0 Å². The summed E-state index contributed by atoms with van der Waals surface area (Å²) in [6.07, 6.45) is 12.5. The number of anilines is 1. The van der Waals surface area contributed by atoms with Gasteiger partial charge in [-0.05, 0) is 62.2 Å². The number of nitrogens with one attached hydrogen (secondary N) is 1. The summed E-state index contributed by atoms with van der Waals surface area (Å²) < 4.78 is 5.62. The molecular formula is C31H44N2O5. The lowest BCUT2D eigenvalue weighted by molar-refractivity contribution is -0.148. The van der Waals surface area contributed by atoms with Gasteiger partial charge in [0.25, 0.3) is 5.91 Å². The summed E-state index contributed by atoms with van der Waals surface area (Å²) in [5, 5.41) is 12.3. The number of rotatable bonds is 17. The second-order valence-electron chi connectivity index (χ2n) is 9.99. The third kappa shape index (κ3) is 11.4. The minimum atomic E-state index is -1.53. The zero-order chi connectivity index (χ0) is 27.8. The minimum Gasteiger partial charge on any atom is -0.491 e. The maximum atomic E-state index is 12.5. The molecule has 0 aliphatic heterocycles. The molecule has 0 radical (unpaired) electrons. The molecule has 7 heteroatoms. The summed E-state index contributed by atoms with van der Waals surface area (Å²) in [7, 11) is 0. The Balaban J connectivity index is 1.81. The normalized spacial score (nSPS) is 10.8. The second-order valence-corrected chi connectivity index (χ2v) is 9.99. The summed E-state index contributed by atoms with van der Waals surface area (Å²) in [5.41, 5.74) is 1.70. The van der Waals surface area contributed by atoms with Crippen LogP contribution in [0.3, 0.4) is 0 Å². The van der Waals surface area contributed by atoms with Crippen molar-refractivity contribution in [1.29, 1.82) is 0 Å². The molecule has 0 bridgehead atoms. The van der Waals surface area contributed by atoms with Crippen molar-refractivity contribution in [3.63, 3.8) is 0 Å². The van der Waals surface area contributed by atoms with E-state index in [9.17, 15) is 19.5 Å². The maximum Gasteiger partial charge on any atom is 0.394 e. The summed E-state index contributed by atoms with van der Waals surface area (Å²) in [6, 6.07) is 13.6. The van der Waals surface area contributed by atoms with Gasteiger partial charge in [0.05, 0.1) is 12.6 Å². The Bertz CT molecular complexity index is 986. The molecule has 0 unspecified atom stereocenters. The van der Waals surface area contributed by atoms with E-state index in [2.05, 4.69) is 12.2 Å². The fraction of sp³-hybridized carbons (Fsp3) is 0.516. The molecule has 0 atom stereocenters. The van der Waals surface area contributed by atoms with E-state index < -0.39 is 11.9 Å². The third-order valence-electron chi connectivity index (χ3n) is 6.32. The van der Waals surface area contributed by atoms with E-state index >= 15 is 0 Å². The van der Waals surface area contributed by atoms with Gasteiger partial charge < -0.3 is 15.2 Å². The van der Waals surface area contributed by atoms with E-state index in [-0.39, 0.29) is 18.6 Å². The number of hydrogen-bond acceptors (Lipinski definition) is 4. The van der Waals surface area contributed by atoms with Crippen LogP contribution in [-0.2, 0) is 16.1 Å². The summed E-state index contributed by atoms with van der Waals surface area (Å²) in [5.74, 6) is -2.05. The highest BCUT2D eigenvalue weighted by atomic mass is 16.5. The number of carbonyl (C=O) groups is 3. The monoisotopic (exact) mass is 524 g/mol. The average Bonchev–Trinajstić information content (AvgIpc) is 2.90. The van der Waals surface area contributed by atoms with E-state index in [1.54, 1.807) is 48.5 Å². The quantitative estimate of drug-likeness (QED) is 0.176. The van der Waals surface area contributed by atoms with E-state index in [0.29, 0.717) is 29.1 Å². The number of aliphatic carboxylic acids is 1. The molecule has 2 aromatic carbocycles. The van der Waals surface area contributed by atoms with Gasteiger partial charge >= 0.3 is 11.9 Å². The van der Waals surface area contributed by atoms with Gasteiger partial charge in [-0.1, -0.05) is 76.8 Å². The molecule has 38 heavy (non-hydrogen) atoms. The predicted molar refractivity (Wildman–Crippen MR) is 152 cm³/mol. The number of amides is 2. The van der Waals surface area contributed by atoms with Crippen LogP contribution in [-0.4, -0.2) is 35.5 Å².